The molecule has 0 aliphatic heterocycles. The van der Waals surface area contributed by atoms with Crippen molar-refractivity contribution in [2.45, 2.75) is 37.0 Å². The van der Waals surface area contributed by atoms with Gasteiger partial charge in [0.15, 0.2) is 0 Å². The quantitative estimate of drug-likeness (QED) is 0.864. The minimum atomic E-state index is -3.07. The molecule has 0 unspecified atom stereocenters. The maximum Gasteiger partial charge on any atom is 0.244 e. The van der Waals surface area contributed by atoms with Gasteiger partial charge < -0.3 is 5.32 Å². The Hall–Kier alpha value is -1.69. The number of hydrogen-bond donors (Lipinski definition) is 1. The summed E-state index contributed by atoms with van der Waals surface area (Å²) >= 11 is 0. The molecule has 1 saturated carbocycles. The van der Waals surface area contributed by atoms with Crippen molar-refractivity contribution in [2.24, 2.45) is 0 Å². The SMILES string of the molecule is CS(=O)(=O)[C@@H]1CCC[C@H](NC(=O)/C=C\c2cccc(F)c2)C1. The maximum atomic E-state index is 13.0. The van der Waals surface area contributed by atoms with Crippen molar-refractivity contribution >= 4 is 21.8 Å². The summed E-state index contributed by atoms with van der Waals surface area (Å²) < 4.78 is 36.2. The van der Waals surface area contributed by atoms with Gasteiger partial charge >= 0.3 is 0 Å². The van der Waals surface area contributed by atoms with E-state index in [1.165, 1.54) is 30.5 Å². The molecule has 1 aromatic carbocycles. The molecule has 0 aromatic heterocycles. The van der Waals surface area contributed by atoms with Gasteiger partial charge in [0, 0.05) is 18.4 Å². The molecule has 0 radical (unpaired) electrons. The zero-order valence-electron chi connectivity index (χ0n) is 12.5. The van der Waals surface area contributed by atoms with E-state index >= 15 is 0 Å². The highest BCUT2D eigenvalue weighted by atomic mass is 32.2. The summed E-state index contributed by atoms with van der Waals surface area (Å²) in [6.45, 7) is 0. The zero-order valence-corrected chi connectivity index (χ0v) is 13.3. The molecule has 1 amide bonds. The highest BCUT2D eigenvalue weighted by Crippen LogP contribution is 2.23. The van der Waals surface area contributed by atoms with Gasteiger partial charge in [-0.15, -0.1) is 0 Å². The van der Waals surface area contributed by atoms with Crippen LogP contribution in [-0.2, 0) is 14.6 Å². The molecule has 1 aliphatic carbocycles. The van der Waals surface area contributed by atoms with Crippen LogP contribution in [0.2, 0.25) is 0 Å². The number of sulfone groups is 1. The second-order valence-corrected chi connectivity index (χ2v) is 8.04. The number of carbonyl (C=O) groups is 1. The second-order valence-electron chi connectivity index (χ2n) is 5.71. The number of amides is 1. The molecule has 120 valence electrons. The number of benzene rings is 1. The van der Waals surface area contributed by atoms with E-state index in [2.05, 4.69) is 5.32 Å². The molecule has 0 bridgehead atoms. The van der Waals surface area contributed by atoms with Crippen LogP contribution < -0.4 is 5.32 Å². The first-order valence-electron chi connectivity index (χ1n) is 7.27. The van der Waals surface area contributed by atoms with Crippen molar-refractivity contribution in [3.8, 4) is 0 Å². The van der Waals surface area contributed by atoms with Gasteiger partial charge in [-0.3, -0.25) is 4.79 Å². The molecule has 6 heteroatoms. The minimum absolute atomic E-state index is 0.127. The van der Waals surface area contributed by atoms with Crippen LogP contribution >= 0.6 is 0 Å². The average Bonchev–Trinajstić information content (AvgIpc) is 2.45. The smallest absolute Gasteiger partial charge is 0.244 e. The van der Waals surface area contributed by atoms with E-state index in [9.17, 15) is 17.6 Å². The summed E-state index contributed by atoms with van der Waals surface area (Å²) in [5, 5.41) is 2.45. The number of carbonyl (C=O) groups excluding carboxylic acids is 1. The Kier molecular flexibility index (Phi) is 5.34. The van der Waals surface area contributed by atoms with Gasteiger partial charge in [0.2, 0.25) is 5.91 Å². The predicted molar refractivity (Wildman–Crippen MR) is 84.5 cm³/mol. The van der Waals surface area contributed by atoms with Crippen LogP contribution in [0.15, 0.2) is 30.3 Å². The molecule has 4 nitrogen and oxygen atoms in total. The molecule has 1 N–H and O–H groups in total. The van der Waals surface area contributed by atoms with Crippen molar-refractivity contribution in [1.29, 1.82) is 0 Å². The average molecular weight is 325 g/mol. The normalized spacial score (nSPS) is 22.6. The van der Waals surface area contributed by atoms with Crippen LogP contribution in [0.25, 0.3) is 6.08 Å². The van der Waals surface area contributed by atoms with Gasteiger partial charge in [0.1, 0.15) is 15.7 Å². The van der Waals surface area contributed by atoms with E-state index in [1.807, 2.05) is 0 Å². The Balaban J connectivity index is 1.92. The third-order valence-electron chi connectivity index (χ3n) is 3.85. The molecule has 1 aromatic rings. The van der Waals surface area contributed by atoms with Crippen LogP contribution in [0.1, 0.15) is 31.2 Å². The summed E-state index contributed by atoms with van der Waals surface area (Å²) in [4.78, 5) is 11.9. The molecule has 2 atom stereocenters. The highest BCUT2D eigenvalue weighted by Gasteiger charge is 2.29. The van der Waals surface area contributed by atoms with E-state index in [0.717, 1.165) is 12.8 Å². The Morgan fingerprint density at radius 1 is 1.36 bits per heavy atom. The first-order chi connectivity index (χ1) is 10.3. The summed E-state index contributed by atoms with van der Waals surface area (Å²) in [5.74, 6) is -0.644. The highest BCUT2D eigenvalue weighted by molar-refractivity contribution is 7.91. The molecule has 0 saturated heterocycles. The molecule has 1 fully saturated rings. The zero-order chi connectivity index (χ0) is 16.2. The molecule has 0 heterocycles. The lowest BCUT2D eigenvalue weighted by atomic mass is 9.95. The fourth-order valence-electron chi connectivity index (χ4n) is 2.70. The van der Waals surface area contributed by atoms with E-state index in [4.69, 9.17) is 0 Å². The third kappa shape index (κ3) is 4.94. The molecular formula is C16H20FNO3S. The molecule has 0 spiro atoms. The maximum absolute atomic E-state index is 13.0. The van der Waals surface area contributed by atoms with Gasteiger partial charge in [-0.2, -0.15) is 0 Å². The van der Waals surface area contributed by atoms with Crippen molar-refractivity contribution in [2.75, 3.05) is 6.26 Å². The van der Waals surface area contributed by atoms with Crippen LogP contribution in [0.3, 0.4) is 0 Å². The van der Waals surface area contributed by atoms with Gasteiger partial charge in [-0.1, -0.05) is 18.6 Å². The lowest BCUT2D eigenvalue weighted by Gasteiger charge is -2.28. The van der Waals surface area contributed by atoms with Crippen molar-refractivity contribution in [3.63, 3.8) is 0 Å². The van der Waals surface area contributed by atoms with E-state index in [-0.39, 0.29) is 23.0 Å². The Bertz CT molecular complexity index is 670. The van der Waals surface area contributed by atoms with Crippen molar-refractivity contribution in [3.05, 3.63) is 41.7 Å². The Labute approximate surface area is 130 Å². The largest absolute Gasteiger partial charge is 0.350 e. The number of rotatable bonds is 4. The first kappa shape index (κ1) is 16.7. The van der Waals surface area contributed by atoms with Gasteiger partial charge in [-0.25, -0.2) is 12.8 Å². The van der Waals surface area contributed by atoms with Crippen molar-refractivity contribution < 1.29 is 17.6 Å². The van der Waals surface area contributed by atoms with Gasteiger partial charge in [0.25, 0.3) is 0 Å². The molecule has 1 aliphatic rings. The standard InChI is InChI=1S/C16H20FNO3S/c1-22(20,21)15-7-3-6-14(11-15)18-16(19)9-8-12-4-2-5-13(17)10-12/h2,4-5,8-10,14-15H,3,6-7,11H2,1H3,(H,18,19)/b9-8-/t14-,15+/m0/s1. The number of halogens is 1. The van der Waals surface area contributed by atoms with Crippen molar-refractivity contribution in [1.82, 2.24) is 5.32 Å². The first-order valence-corrected chi connectivity index (χ1v) is 9.23. The lowest BCUT2D eigenvalue weighted by Crippen LogP contribution is -2.41. The summed E-state index contributed by atoms with van der Waals surface area (Å²) in [6, 6.07) is 5.82. The fraction of sp³-hybridized carbons (Fsp3) is 0.438. The lowest BCUT2D eigenvalue weighted by molar-refractivity contribution is -0.117. The number of nitrogens with one attached hydrogen (secondary N) is 1. The van der Waals surface area contributed by atoms with Crippen LogP contribution in [0.5, 0.6) is 0 Å². The topological polar surface area (TPSA) is 63.2 Å². The van der Waals surface area contributed by atoms with E-state index < -0.39 is 9.84 Å². The summed E-state index contributed by atoms with van der Waals surface area (Å²) in [6.07, 6.45) is 6.81. The van der Waals surface area contributed by atoms with Crippen LogP contribution in [-0.4, -0.2) is 31.9 Å². The van der Waals surface area contributed by atoms with E-state index in [1.54, 1.807) is 12.1 Å². The predicted octanol–water partition coefficient (Wildman–Crippen LogP) is 2.31. The van der Waals surface area contributed by atoms with E-state index in [0.29, 0.717) is 18.4 Å². The van der Waals surface area contributed by atoms with Gasteiger partial charge in [0.05, 0.1) is 5.25 Å². The molecule has 2 rings (SSSR count). The summed E-state index contributed by atoms with van der Waals surface area (Å²) in [5.41, 5.74) is 0.604. The Morgan fingerprint density at radius 3 is 2.82 bits per heavy atom. The third-order valence-corrected chi connectivity index (χ3v) is 5.49. The number of hydrogen-bond acceptors (Lipinski definition) is 3. The van der Waals surface area contributed by atoms with Gasteiger partial charge in [-0.05, 0) is 43.0 Å². The molecular weight excluding hydrogens is 305 g/mol. The fourth-order valence-corrected chi connectivity index (χ4v) is 3.87. The van der Waals surface area contributed by atoms with Crippen LogP contribution in [0, 0.1) is 5.82 Å². The monoisotopic (exact) mass is 325 g/mol. The minimum Gasteiger partial charge on any atom is -0.350 e. The summed E-state index contributed by atoms with van der Waals surface area (Å²) in [7, 11) is -3.07. The Morgan fingerprint density at radius 2 is 2.14 bits per heavy atom. The second kappa shape index (κ2) is 7.05. The van der Waals surface area contributed by atoms with Crippen LogP contribution in [0.4, 0.5) is 4.39 Å². The molecule has 22 heavy (non-hydrogen) atoms.